The highest BCUT2D eigenvalue weighted by Crippen LogP contribution is 2.18. The predicted molar refractivity (Wildman–Crippen MR) is 58.9 cm³/mol. The van der Waals surface area contributed by atoms with Gasteiger partial charge < -0.3 is 0 Å². The van der Waals surface area contributed by atoms with Crippen molar-refractivity contribution in [2.75, 3.05) is 0 Å². The van der Waals surface area contributed by atoms with E-state index < -0.39 is 0 Å². The first-order valence-electron chi connectivity index (χ1n) is 4.88. The third-order valence-electron chi connectivity index (χ3n) is 2.27. The van der Waals surface area contributed by atoms with Crippen LogP contribution in [0.1, 0.15) is 5.56 Å². The van der Waals surface area contributed by atoms with Gasteiger partial charge in [-0.15, -0.1) is 0 Å². The van der Waals surface area contributed by atoms with E-state index in [0.29, 0.717) is 11.3 Å². The molecular formula is C13H9FN2. The second-order valence-electron chi connectivity index (χ2n) is 3.36. The highest BCUT2D eigenvalue weighted by Gasteiger charge is 2.05. The standard InChI is InChI=1S/C13H9FN2/c14-12-8-13(10-4-2-1-3-5-10)16-9-11(12)6-7-15/h1-5,8-9H,6H2. The molecule has 3 heteroatoms. The van der Waals surface area contributed by atoms with Crippen LogP contribution in [0.25, 0.3) is 11.3 Å². The van der Waals surface area contributed by atoms with Crippen molar-refractivity contribution in [3.63, 3.8) is 0 Å². The van der Waals surface area contributed by atoms with Crippen molar-refractivity contribution in [1.82, 2.24) is 4.98 Å². The Kier molecular flexibility index (Phi) is 2.93. The van der Waals surface area contributed by atoms with Crippen molar-refractivity contribution >= 4 is 0 Å². The van der Waals surface area contributed by atoms with Crippen LogP contribution < -0.4 is 0 Å². The molecule has 0 aliphatic rings. The Bertz CT molecular complexity index is 529. The summed E-state index contributed by atoms with van der Waals surface area (Å²) in [4.78, 5) is 4.14. The lowest BCUT2D eigenvalue weighted by Crippen LogP contribution is -1.92. The molecule has 0 amide bonds. The molecule has 2 nitrogen and oxygen atoms in total. The summed E-state index contributed by atoms with van der Waals surface area (Å²) >= 11 is 0. The van der Waals surface area contributed by atoms with Gasteiger partial charge in [0, 0.05) is 23.4 Å². The number of halogens is 1. The van der Waals surface area contributed by atoms with Gasteiger partial charge in [-0.25, -0.2) is 4.39 Å². The van der Waals surface area contributed by atoms with Gasteiger partial charge in [0.05, 0.1) is 18.2 Å². The van der Waals surface area contributed by atoms with Crippen molar-refractivity contribution in [3.05, 3.63) is 54.0 Å². The summed E-state index contributed by atoms with van der Waals surface area (Å²) in [5.41, 5.74) is 1.78. The molecule has 1 aromatic heterocycles. The fraction of sp³-hybridized carbons (Fsp3) is 0.0769. The Balaban J connectivity index is 2.39. The van der Waals surface area contributed by atoms with Gasteiger partial charge in [0.25, 0.3) is 0 Å². The normalized spacial score (nSPS) is 9.75. The maximum atomic E-state index is 13.5. The molecule has 0 saturated carbocycles. The largest absolute Gasteiger partial charge is 0.256 e. The Hall–Kier alpha value is -2.21. The first kappa shape index (κ1) is 10.3. The number of nitriles is 1. The van der Waals surface area contributed by atoms with Crippen LogP contribution in [0.3, 0.4) is 0 Å². The zero-order valence-electron chi connectivity index (χ0n) is 8.52. The van der Waals surface area contributed by atoms with Crippen molar-refractivity contribution in [2.45, 2.75) is 6.42 Å². The number of hydrogen-bond acceptors (Lipinski definition) is 2. The van der Waals surface area contributed by atoms with E-state index in [9.17, 15) is 4.39 Å². The average molecular weight is 212 g/mol. The fourth-order valence-corrected chi connectivity index (χ4v) is 1.44. The highest BCUT2D eigenvalue weighted by atomic mass is 19.1. The van der Waals surface area contributed by atoms with Gasteiger partial charge >= 0.3 is 0 Å². The summed E-state index contributed by atoms with van der Waals surface area (Å²) in [6.45, 7) is 0. The Morgan fingerprint density at radius 1 is 1.25 bits per heavy atom. The Morgan fingerprint density at radius 3 is 2.62 bits per heavy atom. The zero-order valence-corrected chi connectivity index (χ0v) is 8.52. The van der Waals surface area contributed by atoms with E-state index in [2.05, 4.69) is 4.98 Å². The summed E-state index contributed by atoms with van der Waals surface area (Å²) < 4.78 is 13.5. The Morgan fingerprint density at radius 2 is 2.00 bits per heavy atom. The molecule has 0 aliphatic carbocycles. The molecule has 1 aromatic carbocycles. The number of nitrogens with zero attached hydrogens (tertiary/aromatic N) is 2. The molecule has 0 spiro atoms. The summed E-state index contributed by atoms with van der Waals surface area (Å²) in [6, 6.07) is 12.6. The third kappa shape index (κ3) is 2.06. The van der Waals surface area contributed by atoms with Gasteiger partial charge in [-0.1, -0.05) is 30.3 Å². The van der Waals surface area contributed by atoms with Crippen LogP contribution in [0.5, 0.6) is 0 Å². The zero-order chi connectivity index (χ0) is 11.4. The highest BCUT2D eigenvalue weighted by molar-refractivity contribution is 5.58. The molecule has 16 heavy (non-hydrogen) atoms. The van der Waals surface area contributed by atoms with Crippen LogP contribution in [0.15, 0.2) is 42.6 Å². The topological polar surface area (TPSA) is 36.7 Å². The minimum atomic E-state index is -0.379. The number of hydrogen-bond donors (Lipinski definition) is 0. The maximum Gasteiger partial charge on any atom is 0.131 e. The van der Waals surface area contributed by atoms with E-state index in [1.54, 1.807) is 0 Å². The average Bonchev–Trinajstić information content (AvgIpc) is 2.33. The summed E-state index contributed by atoms with van der Waals surface area (Å²) in [5.74, 6) is -0.379. The summed E-state index contributed by atoms with van der Waals surface area (Å²) in [6.07, 6.45) is 1.47. The van der Waals surface area contributed by atoms with E-state index in [-0.39, 0.29) is 12.2 Å². The van der Waals surface area contributed by atoms with Crippen molar-refractivity contribution < 1.29 is 4.39 Å². The van der Waals surface area contributed by atoms with Crippen molar-refractivity contribution in [2.24, 2.45) is 0 Å². The Labute approximate surface area is 93.0 Å². The van der Waals surface area contributed by atoms with Crippen LogP contribution in [0, 0.1) is 17.1 Å². The quantitative estimate of drug-likeness (QED) is 0.767. The molecule has 0 bridgehead atoms. The van der Waals surface area contributed by atoms with Crippen LogP contribution in [0.4, 0.5) is 4.39 Å². The van der Waals surface area contributed by atoms with Gasteiger partial charge in [-0.05, 0) is 0 Å². The van der Waals surface area contributed by atoms with Crippen LogP contribution >= 0.6 is 0 Å². The second-order valence-corrected chi connectivity index (χ2v) is 3.36. The molecule has 0 radical (unpaired) electrons. The number of aromatic nitrogens is 1. The molecule has 0 saturated heterocycles. The van der Waals surface area contributed by atoms with E-state index in [1.165, 1.54) is 12.3 Å². The summed E-state index contributed by atoms with van der Waals surface area (Å²) in [5, 5.41) is 8.49. The molecule has 2 aromatic rings. The lowest BCUT2D eigenvalue weighted by Gasteiger charge is -2.02. The predicted octanol–water partition coefficient (Wildman–Crippen LogP) is 2.95. The van der Waals surface area contributed by atoms with E-state index in [1.807, 2.05) is 36.4 Å². The SMILES string of the molecule is N#CCc1cnc(-c2ccccc2)cc1F. The fourth-order valence-electron chi connectivity index (χ4n) is 1.44. The lowest BCUT2D eigenvalue weighted by atomic mass is 10.1. The minimum Gasteiger partial charge on any atom is -0.256 e. The van der Waals surface area contributed by atoms with Crippen molar-refractivity contribution in [3.8, 4) is 17.3 Å². The van der Waals surface area contributed by atoms with Crippen LogP contribution in [-0.4, -0.2) is 4.98 Å². The number of benzene rings is 1. The molecule has 2 rings (SSSR count). The van der Waals surface area contributed by atoms with E-state index in [0.717, 1.165) is 5.56 Å². The molecule has 1 heterocycles. The molecule has 78 valence electrons. The third-order valence-corrected chi connectivity index (χ3v) is 2.27. The molecular weight excluding hydrogens is 203 g/mol. The lowest BCUT2D eigenvalue weighted by molar-refractivity contribution is 0.613. The minimum absolute atomic E-state index is 0.0495. The molecule has 0 unspecified atom stereocenters. The number of rotatable bonds is 2. The first-order chi connectivity index (χ1) is 7.81. The number of pyridine rings is 1. The van der Waals surface area contributed by atoms with Gasteiger partial charge in [-0.2, -0.15) is 5.26 Å². The smallest absolute Gasteiger partial charge is 0.131 e. The molecule has 0 fully saturated rings. The summed E-state index contributed by atoms with van der Waals surface area (Å²) in [7, 11) is 0. The molecule has 0 aliphatic heterocycles. The van der Waals surface area contributed by atoms with Gasteiger partial charge in [0.15, 0.2) is 0 Å². The van der Waals surface area contributed by atoms with E-state index in [4.69, 9.17) is 5.26 Å². The molecule has 0 atom stereocenters. The monoisotopic (exact) mass is 212 g/mol. The van der Waals surface area contributed by atoms with E-state index >= 15 is 0 Å². The van der Waals surface area contributed by atoms with Crippen LogP contribution in [0.2, 0.25) is 0 Å². The molecule has 0 N–H and O–H groups in total. The second kappa shape index (κ2) is 4.54. The maximum absolute atomic E-state index is 13.5. The van der Waals surface area contributed by atoms with Crippen LogP contribution in [-0.2, 0) is 6.42 Å². The van der Waals surface area contributed by atoms with Gasteiger partial charge in [0.1, 0.15) is 5.82 Å². The van der Waals surface area contributed by atoms with Crippen molar-refractivity contribution in [1.29, 1.82) is 5.26 Å². The first-order valence-corrected chi connectivity index (χ1v) is 4.88. The van der Waals surface area contributed by atoms with Gasteiger partial charge in [0.2, 0.25) is 0 Å². The van der Waals surface area contributed by atoms with Gasteiger partial charge in [-0.3, -0.25) is 4.98 Å².